The van der Waals surface area contributed by atoms with Gasteiger partial charge in [-0.05, 0) is 30.5 Å². The molecule has 3 aromatic carbocycles. The minimum Gasteiger partial charge on any atom is -0.312 e. The van der Waals surface area contributed by atoms with Crippen molar-refractivity contribution < 1.29 is 9.59 Å². The highest BCUT2D eigenvalue weighted by Crippen LogP contribution is 2.27. The summed E-state index contributed by atoms with van der Waals surface area (Å²) in [4.78, 5) is 29.1. The van der Waals surface area contributed by atoms with Gasteiger partial charge >= 0.3 is 0 Å². The monoisotopic (exact) mass is 386 g/mol. The Morgan fingerprint density at radius 1 is 1.04 bits per heavy atom. The van der Waals surface area contributed by atoms with E-state index in [1.807, 2.05) is 16.7 Å². The number of Topliss-reactive ketones (excluding diaryl/α,β-unsaturated/α-hetero) is 1. The largest absolute Gasteiger partial charge is 0.312 e. The summed E-state index contributed by atoms with van der Waals surface area (Å²) in [5, 5.41) is 2.29. The lowest BCUT2D eigenvalue weighted by Crippen LogP contribution is -2.16. The first-order valence-corrected chi connectivity index (χ1v) is 9.72. The molecule has 0 bridgehead atoms. The fourth-order valence-corrected chi connectivity index (χ4v) is 4.36. The Hall–Kier alpha value is -3.31. The number of hydrogen-bond donors (Lipinski definition) is 0. The van der Waals surface area contributed by atoms with E-state index in [-0.39, 0.29) is 11.7 Å². The van der Waals surface area contributed by atoms with Crippen LogP contribution in [0.2, 0.25) is 0 Å². The Labute approximate surface area is 166 Å². The van der Waals surface area contributed by atoms with E-state index in [0.717, 1.165) is 21.0 Å². The van der Waals surface area contributed by atoms with E-state index in [4.69, 9.17) is 0 Å². The van der Waals surface area contributed by atoms with Crippen molar-refractivity contribution in [1.29, 1.82) is 0 Å². The molecule has 0 spiro atoms. The van der Waals surface area contributed by atoms with Crippen LogP contribution in [0.25, 0.3) is 21.0 Å². The van der Waals surface area contributed by atoms with Crippen LogP contribution in [0.3, 0.4) is 0 Å². The number of amides is 1. The van der Waals surface area contributed by atoms with Gasteiger partial charge in [0.25, 0.3) is 5.91 Å². The van der Waals surface area contributed by atoms with Gasteiger partial charge < -0.3 is 4.57 Å². The van der Waals surface area contributed by atoms with Gasteiger partial charge in [0, 0.05) is 23.1 Å². The van der Waals surface area contributed by atoms with Crippen molar-refractivity contribution in [3.05, 3.63) is 89.2 Å². The number of aromatic nitrogens is 1. The molecular weight excluding hydrogens is 368 g/mol. The van der Waals surface area contributed by atoms with Gasteiger partial charge in [-0.15, -0.1) is 6.58 Å². The molecule has 28 heavy (non-hydrogen) atoms. The van der Waals surface area contributed by atoms with Gasteiger partial charge in [0.05, 0.1) is 10.2 Å². The lowest BCUT2D eigenvalue weighted by atomic mass is 10.1. The Morgan fingerprint density at radius 2 is 1.75 bits per heavy atom. The van der Waals surface area contributed by atoms with Gasteiger partial charge in [-0.2, -0.15) is 4.99 Å². The highest BCUT2D eigenvalue weighted by atomic mass is 32.1. The molecule has 4 nitrogen and oxygen atoms in total. The van der Waals surface area contributed by atoms with E-state index >= 15 is 0 Å². The molecule has 0 atom stereocenters. The van der Waals surface area contributed by atoms with Gasteiger partial charge in [0.2, 0.25) is 0 Å². The Bertz CT molecular complexity index is 1290. The molecule has 0 unspecified atom stereocenters. The van der Waals surface area contributed by atoms with E-state index in [2.05, 4.69) is 35.8 Å². The quantitative estimate of drug-likeness (QED) is 0.367. The highest BCUT2D eigenvalue weighted by Gasteiger charge is 2.11. The Kier molecular flexibility index (Phi) is 4.75. The number of ketones is 1. The molecule has 0 fully saturated rings. The first-order chi connectivity index (χ1) is 13.6. The van der Waals surface area contributed by atoms with Crippen LogP contribution >= 0.6 is 11.3 Å². The van der Waals surface area contributed by atoms with Crippen LogP contribution in [-0.4, -0.2) is 16.3 Å². The normalized spacial score (nSPS) is 11.8. The van der Waals surface area contributed by atoms with E-state index < -0.39 is 0 Å². The Balaban J connectivity index is 1.87. The molecule has 0 aliphatic heterocycles. The molecule has 4 aromatic rings. The summed E-state index contributed by atoms with van der Waals surface area (Å²) in [6.45, 7) is 5.90. The number of carbonyl (C=O) groups excluding carboxylic acids is 2. The van der Waals surface area contributed by atoms with Crippen LogP contribution < -0.4 is 4.80 Å². The lowest BCUT2D eigenvalue weighted by Gasteiger charge is -2.03. The van der Waals surface area contributed by atoms with Crippen LogP contribution in [0.1, 0.15) is 27.6 Å². The summed E-state index contributed by atoms with van der Waals surface area (Å²) in [6.07, 6.45) is 1.80. The van der Waals surface area contributed by atoms with Crippen molar-refractivity contribution in [2.24, 2.45) is 4.99 Å². The SMILES string of the molecule is C=CCn1c(=NC(=O)c2ccc(C(C)=O)cc2)sc2c3ccccc3ccc21. The predicted molar refractivity (Wildman–Crippen MR) is 114 cm³/mol. The smallest absolute Gasteiger partial charge is 0.279 e. The summed E-state index contributed by atoms with van der Waals surface area (Å²) in [5.74, 6) is -0.361. The number of fused-ring (bicyclic) bond motifs is 3. The number of carbonyl (C=O) groups is 2. The van der Waals surface area contributed by atoms with Gasteiger partial charge in [-0.1, -0.05) is 59.9 Å². The molecule has 0 N–H and O–H groups in total. The third-order valence-electron chi connectivity index (χ3n) is 4.62. The second-order valence-corrected chi connectivity index (χ2v) is 7.45. The van der Waals surface area contributed by atoms with Gasteiger partial charge in [-0.25, -0.2) is 0 Å². The number of benzene rings is 3. The van der Waals surface area contributed by atoms with Crippen molar-refractivity contribution in [3.63, 3.8) is 0 Å². The minimum atomic E-state index is -0.330. The minimum absolute atomic E-state index is 0.0313. The fraction of sp³-hybridized carbons (Fsp3) is 0.0870. The van der Waals surface area contributed by atoms with E-state index in [0.29, 0.717) is 22.5 Å². The van der Waals surface area contributed by atoms with Crippen LogP contribution in [0, 0.1) is 0 Å². The molecule has 0 aliphatic rings. The second kappa shape index (κ2) is 7.37. The zero-order chi connectivity index (χ0) is 19.7. The van der Waals surface area contributed by atoms with Gasteiger partial charge in [0.15, 0.2) is 10.6 Å². The topological polar surface area (TPSA) is 51.4 Å². The summed E-state index contributed by atoms with van der Waals surface area (Å²) >= 11 is 1.50. The molecular formula is C23H18N2O2S. The molecule has 138 valence electrons. The maximum atomic E-state index is 12.7. The molecule has 1 aromatic heterocycles. The molecule has 0 aliphatic carbocycles. The fourth-order valence-electron chi connectivity index (χ4n) is 3.19. The molecule has 5 heteroatoms. The van der Waals surface area contributed by atoms with Crippen molar-refractivity contribution in [2.75, 3.05) is 0 Å². The average Bonchev–Trinajstić information content (AvgIpc) is 3.06. The van der Waals surface area contributed by atoms with Crippen LogP contribution in [0.5, 0.6) is 0 Å². The number of hydrogen-bond acceptors (Lipinski definition) is 3. The maximum absolute atomic E-state index is 12.7. The average molecular weight is 386 g/mol. The number of thiazole rings is 1. The first kappa shape index (κ1) is 18.1. The zero-order valence-electron chi connectivity index (χ0n) is 15.4. The maximum Gasteiger partial charge on any atom is 0.279 e. The van der Waals surface area contributed by atoms with Crippen molar-refractivity contribution in [1.82, 2.24) is 4.57 Å². The summed E-state index contributed by atoms with van der Waals surface area (Å²) < 4.78 is 3.10. The van der Waals surface area contributed by atoms with E-state index in [1.54, 1.807) is 30.3 Å². The van der Waals surface area contributed by atoms with Crippen molar-refractivity contribution in [2.45, 2.75) is 13.5 Å². The van der Waals surface area contributed by atoms with Crippen LogP contribution in [-0.2, 0) is 6.54 Å². The number of allylic oxidation sites excluding steroid dienone is 1. The molecule has 1 heterocycles. The predicted octanol–water partition coefficient (Wildman–Crippen LogP) is 4.99. The second-order valence-electron chi connectivity index (χ2n) is 6.47. The van der Waals surface area contributed by atoms with Crippen molar-refractivity contribution >= 4 is 44.0 Å². The zero-order valence-corrected chi connectivity index (χ0v) is 16.2. The van der Waals surface area contributed by atoms with Gasteiger partial charge in [-0.3, -0.25) is 9.59 Å². The third-order valence-corrected chi connectivity index (χ3v) is 5.75. The molecule has 0 saturated carbocycles. The summed E-state index contributed by atoms with van der Waals surface area (Å²) in [7, 11) is 0. The molecule has 4 rings (SSSR count). The van der Waals surface area contributed by atoms with Crippen molar-refractivity contribution in [3.8, 4) is 0 Å². The molecule has 0 radical (unpaired) electrons. The molecule has 0 saturated heterocycles. The summed E-state index contributed by atoms with van der Waals surface area (Å²) in [6, 6.07) is 18.9. The van der Waals surface area contributed by atoms with Crippen LogP contribution in [0.4, 0.5) is 0 Å². The van der Waals surface area contributed by atoms with Gasteiger partial charge in [0.1, 0.15) is 0 Å². The summed E-state index contributed by atoms with van der Waals surface area (Å²) in [5.41, 5.74) is 2.06. The third kappa shape index (κ3) is 3.21. The van der Waals surface area contributed by atoms with Crippen LogP contribution in [0.15, 0.2) is 78.3 Å². The number of rotatable bonds is 4. The standard InChI is InChI=1S/C23H18N2O2S/c1-3-14-25-20-13-12-17-6-4-5-7-19(17)21(20)28-23(25)24-22(27)18-10-8-16(9-11-18)15(2)26/h3-13H,1,14H2,2H3. The Morgan fingerprint density at radius 3 is 2.46 bits per heavy atom. The highest BCUT2D eigenvalue weighted by molar-refractivity contribution is 7.17. The lowest BCUT2D eigenvalue weighted by molar-refractivity contribution is 0.0991. The van der Waals surface area contributed by atoms with E-state index in [9.17, 15) is 9.59 Å². The first-order valence-electron chi connectivity index (χ1n) is 8.90. The molecule has 1 amide bonds. The van der Waals surface area contributed by atoms with E-state index in [1.165, 1.54) is 18.3 Å². The number of nitrogens with zero attached hydrogens (tertiary/aromatic N) is 2.